The van der Waals surface area contributed by atoms with Gasteiger partial charge in [-0.15, -0.1) is 0 Å². The summed E-state index contributed by atoms with van der Waals surface area (Å²) in [4.78, 5) is 12.6. The van der Waals surface area contributed by atoms with Crippen LogP contribution in [0.5, 0.6) is 5.75 Å². The van der Waals surface area contributed by atoms with Crippen molar-refractivity contribution in [3.05, 3.63) is 47.0 Å². The molecule has 2 aromatic rings. The molecule has 110 valence electrons. The molecule has 1 aromatic carbocycles. The fraction of sp³-hybridized carbons (Fsp3) is 0.357. The summed E-state index contributed by atoms with van der Waals surface area (Å²) in [6.45, 7) is 3.03. The van der Waals surface area contributed by atoms with Gasteiger partial charge in [-0.05, 0) is 6.07 Å². The summed E-state index contributed by atoms with van der Waals surface area (Å²) >= 11 is 0. The van der Waals surface area contributed by atoms with Gasteiger partial charge in [-0.25, -0.2) is 9.13 Å². The summed E-state index contributed by atoms with van der Waals surface area (Å²) in [5.74, 6) is 0.591. The van der Waals surface area contributed by atoms with Crippen molar-refractivity contribution < 1.29 is 14.2 Å². The van der Waals surface area contributed by atoms with Gasteiger partial charge < -0.3 is 9.64 Å². The van der Waals surface area contributed by atoms with E-state index >= 15 is 0 Å². The van der Waals surface area contributed by atoms with Crippen LogP contribution in [0.2, 0.25) is 0 Å². The van der Waals surface area contributed by atoms with Crippen molar-refractivity contribution in [2.24, 2.45) is 7.05 Å². The lowest BCUT2D eigenvalue weighted by Crippen LogP contribution is -2.35. The van der Waals surface area contributed by atoms with Gasteiger partial charge in [-0.3, -0.25) is 10.1 Å². The van der Waals surface area contributed by atoms with Crippen LogP contribution in [-0.2, 0) is 13.6 Å². The topological polar surface area (TPSA) is 64.4 Å². The van der Waals surface area contributed by atoms with Gasteiger partial charge in [0.25, 0.3) is 5.69 Å². The predicted octanol–water partition coefficient (Wildman–Crippen LogP) is 1.12. The van der Waals surface area contributed by atoms with E-state index < -0.39 is 4.92 Å². The third-order valence-corrected chi connectivity index (χ3v) is 3.57. The molecule has 2 heterocycles. The molecule has 21 heavy (non-hydrogen) atoms. The van der Waals surface area contributed by atoms with Gasteiger partial charge in [-0.1, -0.05) is 0 Å². The monoisotopic (exact) mass is 289 g/mol. The maximum absolute atomic E-state index is 10.8. The van der Waals surface area contributed by atoms with Gasteiger partial charge in [0.2, 0.25) is 6.33 Å². The van der Waals surface area contributed by atoms with E-state index in [0.29, 0.717) is 12.4 Å². The number of hydrogen-bond acceptors (Lipinski definition) is 4. The summed E-state index contributed by atoms with van der Waals surface area (Å²) in [6, 6.07) is 4.79. The number of benzene rings is 1. The van der Waals surface area contributed by atoms with Crippen LogP contribution in [0.25, 0.3) is 0 Å². The molecule has 1 aliphatic rings. The zero-order valence-electron chi connectivity index (χ0n) is 11.8. The molecule has 0 N–H and O–H groups in total. The smallest absolute Gasteiger partial charge is 0.273 e. The summed E-state index contributed by atoms with van der Waals surface area (Å²) in [6.07, 6.45) is 6.05. The van der Waals surface area contributed by atoms with Gasteiger partial charge in [-0.2, -0.15) is 0 Å². The van der Waals surface area contributed by atoms with E-state index in [1.54, 1.807) is 6.07 Å². The van der Waals surface area contributed by atoms with Gasteiger partial charge in [0.05, 0.1) is 36.8 Å². The van der Waals surface area contributed by atoms with Crippen molar-refractivity contribution in [2.45, 2.75) is 6.54 Å². The molecular weight excluding hydrogens is 272 g/mol. The molecule has 7 heteroatoms. The third kappa shape index (κ3) is 2.81. The highest BCUT2D eigenvalue weighted by atomic mass is 16.6. The highest BCUT2D eigenvalue weighted by Crippen LogP contribution is 2.34. The first-order chi connectivity index (χ1) is 10.1. The van der Waals surface area contributed by atoms with Crippen LogP contribution >= 0.6 is 0 Å². The SMILES string of the molecule is C[n+]1ccn(CCN2CCOc3cc([N+](=O)[O-])ccc32)c1. The van der Waals surface area contributed by atoms with Crippen LogP contribution < -0.4 is 14.2 Å². The Morgan fingerprint density at radius 2 is 2.29 bits per heavy atom. The molecular formula is C14H17N4O3+. The van der Waals surface area contributed by atoms with E-state index in [0.717, 1.165) is 25.3 Å². The van der Waals surface area contributed by atoms with Crippen molar-refractivity contribution in [1.29, 1.82) is 0 Å². The zero-order chi connectivity index (χ0) is 14.8. The molecule has 0 unspecified atom stereocenters. The molecule has 0 spiro atoms. The molecule has 7 nitrogen and oxygen atoms in total. The molecule has 0 radical (unpaired) electrons. The molecule has 3 rings (SSSR count). The molecule has 0 amide bonds. The Bertz CT molecular complexity index is 668. The first-order valence-corrected chi connectivity index (χ1v) is 6.81. The van der Waals surface area contributed by atoms with Crippen molar-refractivity contribution in [1.82, 2.24) is 4.57 Å². The Morgan fingerprint density at radius 1 is 1.43 bits per heavy atom. The van der Waals surface area contributed by atoms with Gasteiger partial charge in [0, 0.05) is 6.07 Å². The van der Waals surface area contributed by atoms with Crippen LogP contribution in [0.4, 0.5) is 11.4 Å². The Labute approximate surface area is 122 Å². The summed E-state index contributed by atoms with van der Waals surface area (Å²) in [5, 5.41) is 10.8. The minimum atomic E-state index is -0.400. The minimum Gasteiger partial charge on any atom is -0.489 e. The van der Waals surface area contributed by atoms with Gasteiger partial charge in [0.15, 0.2) is 0 Å². The average molecular weight is 289 g/mol. The lowest BCUT2D eigenvalue weighted by molar-refractivity contribution is -0.671. The maximum Gasteiger partial charge on any atom is 0.273 e. The summed E-state index contributed by atoms with van der Waals surface area (Å²) in [7, 11) is 1.99. The van der Waals surface area contributed by atoms with Crippen molar-refractivity contribution in [2.75, 3.05) is 24.6 Å². The van der Waals surface area contributed by atoms with Crippen LogP contribution in [0.3, 0.4) is 0 Å². The van der Waals surface area contributed by atoms with E-state index in [4.69, 9.17) is 4.74 Å². The molecule has 0 bridgehead atoms. The van der Waals surface area contributed by atoms with Crippen LogP contribution in [0, 0.1) is 10.1 Å². The van der Waals surface area contributed by atoms with Crippen LogP contribution in [0.1, 0.15) is 0 Å². The number of hydrogen-bond donors (Lipinski definition) is 0. The second-order valence-electron chi connectivity index (χ2n) is 5.06. The molecule has 0 saturated heterocycles. The number of nitrogens with zero attached hydrogens (tertiary/aromatic N) is 4. The number of nitro groups is 1. The van der Waals surface area contributed by atoms with Crippen LogP contribution in [0.15, 0.2) is 36.9 Å². The number of rotatable bonds is 4. The Morgan fingerprint density at radius 3 is 3.00 bits per heavy atom. The summed E-state index contributed by atoms with van der Waals surface area (Å²) < 4.78 is 9.65. The van der Waals surface area contributed by atoms with Crippen molar-refractivity contribution in [3.63, 3.8) is 0 Å². The highest BCUT2D eigenvalue weighted by molar-refractivity contribution is 5.63. The number of imidazole rings is 1. The number of non-ortho nitro benzene ring substituents is 1. The average Bonchev–Trinajstić information content (AvgIpc) is 2.90. The minimum absolute atomic E-state index is 0.0630. The second-order valence-corrected chi connectivity index (χ2v) is 5.06. The lowest BCUT2D eigenvalue weighted by atomic mass is 10.2. The van der Waals surface area contributed by atoms with Crippen molar-refractivity contribution >= 4 is 11.4 Å². The Balaban J connectivity index is 1.75. The highest BCUT2D eigenvalue weighted by Gasteiger charge is 2.21. The molecule has 1 aromatic heterocycles. The molecule has 0 fully saturated rings. The number of aryl methyl sites for hydroxylation is 1. The first kappa shape index (κ1) is 13.4. The molecule has 0 aliphatic carbocycles. The lowest BCUT2D eigenvalue weighted by Gasteiger charge is -2.30. The third-order valence-electron chi connectivity index (χ3n) is 3.57. The maximum atomic E-state index is 10.8. The number of fused-ring (bicyclic) bond motifs is 1. The van der Waals surface area contributed by atoms with E-state index in [1.165, 1.54) is 12.1 Å². The predicted molar refractivity (Wildman–Crippen MR) is 76.4 cm³/mol. The van der Waals surface area contributed by atoms with Gasteiger partial charge >= 0.3 is 0 Å². The summed E-state index contributed by atoms with van der Waals surface area (Å²) in [5.41, 5.74) is 0.983. The molecule has 0 atom stereocenters. The number of anilines is 1. The van der Waals surface area contributed by atoms with E-state index in [2.05, 4.69) is 9.47 Å². The van der Waals surface area contributed by atoms with E-state index in [1.807, 2.05) is 30.3 Å². The zero-order valence-corrected chi connectivity index (χ0v) is 11.8. The normalized spacial score (nSPS) is 13.7. The quantitative estimate of drug-likeness (QED) is 0.480. The fourth-order valence-electron chi connectivity index (χ4n) is 2.48. The Hall–Kier alpha value is -2.57. The van der Waals surface area contributed by atoms with E-state index in [9.17, 15) is 10.1 Å². The van der Waals surface area contributed by atoms with Crippen LogP contribution in [-0.4, -0.2) is 29.2 Å². The van der Waals surface area contributed by atoms with Crippen molar-refractivity contribution in [3.8, 4) is 5.75 Å². The number of aromatic nitrogens is 2. The second kappa shape index (κ2) is 5.43. The van der Waals surface area contributed by atoms with E-state index in [-0.39, 0.29) is 5.69 Å². The number of nitro benzene ring substituents is 1. The molecule has 1 aliphatic heterocycles. The Kier molecular flexibility index (Phi) is 3.47. The fourth-order valence-corrected chi connectivity index (χ4v) is 2.48. The largest absolute Gasteiger partial charge is 0.489 e. The standard InChI is InChI=1S/C14H17N4O3/c1-15-4-5-16(11-15)6-7-17-8-9-21-14-10-12(18(19)20)2-3-13(14)17/h2-5,10-11H,6-9H2,1H3/q+1. The number of ether oxygens (including phenoxy) is 1. The molecule has 0 saturated carbocycles. The first-order valence-electron chi connectivity index (χ1n) is 6.81. The van der Waals surface area contributed by atoms with Gasteiger partial charge in [0.1, 0.15) is 31.3 Å².